The summed E-state index contributed by atoms with van der Waals surface area (Å²) in [6.07, 6.45) is 7.37. The van der Waals surface area contributed by atoms with Crippen molar-refractivity contribution >= 4 is 0 Å². The van der Waals surface area contributed by atoms with E-state index in [1.807, 2.05) is 0 Å². The smallest absolute Gasteiger partial charge is 0.329 e. The van der Waals surface area contributed by atoms with Gasteiger partial charge < -0.3 is 14.2 Å². The molecule has 3 nitrogen and oxygen atoms in total. The van der Waals surface area contributed by atoms with Gasteiger partial charge in [0.1, 0.15) is 0 Å². The molecule has 0 N–H and O–H groups in total. The molecule has 14 heavy (non-hydrogen) atoms. The Labute approximate surface area is 86.0 Å². The third-order valence-corrected chi connectivity index (χ3v) is 2.52. The highest BCUT2D eigenvalue weighted by Crippen LogP contribution is 2.31. The maximum absolute atomic E-state index is 5.61. The Hall–Kier alpha value is -0.540. The van der Waals surface area contributed by atoms with Gasteiger partial charge in [-0.15, -0.1) is 0 Å². The standard InChI is InChI=1S/C11H20O3/c1-4-5-6-7-10-8-9-11(12-2,13-3)14-10/h8H,4-7,9H2,1-3H3. The zero-order valence-electron chi connectivity index (χ0n) is 9.34. The second-order valence-corrected chi connectivity index (χ2v) is 3.52. The fraction of sp³-hybridized carbons (Fsp3) is 0.818. The third kappa shape index (κ3) is 2.72. The van der Waals surface area contributed by atoms with Gasteiger partial charge in [-0.25, -0.2) is 0 Å². The van der Waals surface area contributed by atoms with Gasteiger partial charge >= 0.3 is 5.97 Å². The summed E-state index contributed by atoms with van der Waals surface area (Å²) in [4.78, 5) is 0. The van der Waals surface area contributed by atoms with Crippen LogP contribution in [-0.2, 0) is 14.2 Å². The van der Waals surface area contributed by atoms with Crippen LogP contribution in [0.5, 0.6) is 0 Å². The fourth-order valence-electron chi connectivity index (χ4n) is 1.56. The van der Waals surface area contributed by atoms with E-state index in [2.05, 4.69) is 13.0 Å². The molecule has 0 radical (unpaired) electrons. The lowest BCUT2D eigenvalue weighted by atomic mass is 10.2. The highest BCUT2D eigenvalue weighted by Gasteiger charge is 2.36. The van der Waals surface area contributed by atoms with E-state index in [0.717, 1.165) is 12.2 Å². The average molecular weight is 200 g/mol. The van der Waals surface area contributed by atoms with Crippen LogP contribution in [0.25, 0.3) is 0 Å². The second-order valence-electron chi connectivity index (χ2n) is 3.52. The predicted octanol–water partition coefficient (Wildman–Crippen LogP) is 2.82. The second kappa shape index (κ2) is 5.37. The van der Waals surface area contributed by atoms with Crippen molar-refractivity contribution in [2.45, 2.75) is 45.0 Å². The van der Waals surface area contributed by atoms with Crippen LogP contribution in [0.1, 0.15) is 39.0 Å². The van der Waals surface area contributed by atoms with E-state index < -0.39 is 5.97 Å². The van der Waals surface area contributed by atoms with Crippen LogP contribution in [0.15, 0.2) is 11.8 Å². The van der Waals surface area contributed by atoms with Gasteiger partial charge in [-0.3, -0.25) is 0 Å². The highest BCUT2D eigenvalue weighted by molar-refractivity contribution is 5.01. The van der Waals surface area contributed by atoms with Crippen LogP contribution in [0.2, 0.25) is 0 Å². The Morgan fingerprint density at radius 3 is 2.57 bits per heavy atom. The fourth-order valence-corrected chi connectivity index (χ4v) is 1.56. The molecule has 0 fully saturated rings. The van der Waals surface area contributed by atoms with Gasteiger partial charge in [-0.2, -0.15) is 0 Å². The molecule has 1 heterocycles. The first-order chi connectivity index (χ1) is 6.76. The van der Waals surface area contributed by atoms with Gasteiger partial charge in [-0.05, 0) is 12.5 Å². The summed E-state index contributed by atoms with van der Waals surface area (Å²) in [5, 5.41) is 0. The number of allylic oxidation sites excluding steroid dienone is 1. The Bertz CT molecular complexity index is 195. The van der Waals surface area contributed by atoms with Crippen LogP contribution >= 0.6 is 0 Å². The number of rotatable bonds is 6. The SMILES string of the molecule is CCCCCC1=CCC(OC)(OC)O1. The molecule has 0 unspecified atom stereocenters. The largest absolute Gasteiger partial charge is 0.444 e. The summed E-state index contributed by atoms with van der Waals surface area (Å²) in [5.74, 6) is 0.156. The topological polar surface area (TPSA) is 27.7 Å². The lowest BCUT2D eigenvalue weighted by Crippen LogP contribution is -2.32. The third-order valence-electron chi connectivity index (χ3n) is 2.52. The minimum Gasteiger partial charge on any atom is -0.444 e. The van der Waals surface area contributed by atoms with Crippen molar-refractivity contribution in [3.63, 3.8) is 0 Å². The Morgan fingerprint density at radius 2 is 2.07 bits per heavy atom. The van der Waals surface area contributed by atoms with Gasteiger partial charge in [0, 0.05) is 20.6 Å². The van der Waals surface area contributed by atoms with Crippen LogP contribution in [-0.4, -0.2) is 20.2 Å². The molecule has 0 saturated heterocycles. The van der Waals surface area contributed by atoms with Crippen molar-refractivity contribution in [3.05, 3.63) is 11.8 Å². The summed E-state index contributed by atoms with van der Waals surface area (Å²) in [6.45, 7) is 2.19. The zero-order chi connectivity index (χ0) is 10.4. The summed E-state index contributed by atoms with van der Waals surface area (Å²) >= 11 is 0. The van der Waals surface area contributed by atoms with Crippen molar-refractivity contribution in [2.75, 3.05) is 14.2 Å². The molecule has 1 aliphatic heterocycles. The quantitative estimate of drug-likeness (QED) is 0.487. The van der Waals surface area contributed by atoms with E-state index in [1.165, 1.54) is 19.3 Å². The van der Waals surface area contributed by atoms with Crippen molar-refractivity contribution < 1.29 is 14.2 Å². The monoisotopic (exact) mass is 200 g/mol. The van der Waals surface area contributed by atoms with Gasteiger partial charge in [0.05, 0.1) is 12.2 Å². The van der Waals surface area contributed by atoms with E-state index in [4.69, 9.17) is 14.2 Å². The maximum Gasteiger partial charge on any atom is 0.329 e. The van der Waals surface area contributed by atoms with Gasteiger partial charge in [-0.1, -0.05) is 19.8 Å². The predicted molar refractivity (Wildman–Crippen MR) is 54.7 cm³/mol. The minimum absolute atomic E-state index is 0.682. The number of hydrogen-bond donors (Lipinski definition) is 0. The molecular weight excluding hydrogens is 180 g/mol. The van der Waals surface area contributed by atoms with Crippen molar-refractivity contribution in [1.29, 1.82) is 0 Å². The summed E-state index contributed by atoms with van der Waals surface area (Å²) in [6, 6.07) is 0. The number of methoxy groups -OCH3 is 2. The molecular formula is C11H20O3. The van der Waals surface area contributed by atoms with E-state index in [9.17, 15) is 0 Å². The van der Waals surface area contributed by atoms with E-state index in [1.54, 1.807) is 14.2 Å². The Balaban J connectivity index is 2.31. The molecule has 0 atom stereocenters. The Kier molecular flexibility index (Phi) is 4.42. The van der Waals surface area contributed by atoms with Gasteiger partial charge in [0.15, 0.2) is 0 Å². The van der Waals surface area contributed by atoms with Crippen LogP contribution < -0.4 is 0 Å². The van der Waals surface area contributed by atoms with Gasteiger partial charge in [0.2, 0.25) is 0 Å². The summed E-state index contributed by atoms with van der Waals surface area (Å²) < 4.78 is 16.0. The molecule has 0 aliphatic carbocycles. The molecule has 1 rings (SSSR count). The highest BCUT2D eigenvalue weighted by atomic mass is 16.9. The first kappa shape index (κ1) is 11.5. The molecule has 0 aromatic rings. The number of unbranched alkanes of at least 4 members (excludes halogenated alkanes) is 2. The lowest BCUT2D eigenvalue weighted by molar-refractivity contribution is -0.335. The normalized spacial score (nSPS) is 19.2. The molecule has 0 saturated carbocycles. The van der Waals surface area contributed by atoms with Crippen LogP contribution in [0, 0.1) is 0 Å². The van der Waals surface area contributed by atoms with E-state index in [-0.39, 0.29) is 0 Å². The molecule has 82 valence electrons. The minimum atomic E-state index is -0.846. The molecule has 0 spiro atoms. The van der Waals surface area contributed by atoms with Crippen LogP contribution in [0.4, 0.5) is 0 Å². The first-order valence-electron chi connectivity index (χ1n) is 5.24. The van der Waals surface area contributed by atoms with E-state index >= 15 is 0 Å². The first-order valence-corrected chi connectivity index (χ1v) is 5.24. The van der Waals surface area contributed by atoms with Crippen molar-refractivity contribution in [2.24, 2.45) is 0 Å². The molecule has 0 aromatic heterocycles. The zero-order valence-corrected chi connectivity index (χ0v) is 9.34. The lowest BCUT2D eigenvalue weighted by Gasteiger charge is -2.25. The van der Waals surface area contributed by atoms with Gasteiger partial charge in [0.25, 0.3) is 0 Å². The molecule has 0 aromatic carbocycles. The molecule has 0 bridgehead atoms. The average Bonchev–Trinajstić information content (AvgIpc) is 2.63. The number of ether oxygens (including phenoxy) is 3. The van der Waals surface area contributed by atoms with E-state index in [0.29, 0.717) is 6.42 Å². The number of hydrogen-bond acceptors (Lipinski definition) is 3. The maximum atomic E-state index is 5.61. The molecule has 0 amide bonds. The summed E-state index contributed by atoms with van der Waals surface area (Å²) in [7, 11) is 3.21. The molecule has 1 aliphatic rings. The van der Waals surface area contributed by atoms with Crippen molar-refractivity contribution in [1.82, 2.24) is 0 Å². The Morgan fingerprint density at radius 1 is 1.36 bits per heavy atom. The molecule has 3 heteroatoms. The van der Waals surface area contributed by atoms with Crippen molar-refractivity contribution in [3.8, 4) is 0 Å². The summed E-state index contributed by atoms with van der Waals surface area (Å²) in [5.41, 5.74) is 0. The van der Waals surface area contributed by atoms with Crippen LogP contribution in [0.3, 0.4) is 0 Å².